The molecular weight excluding hydrogens is 314 g/mol. The lowest BCUT2D eigenvalue weighted by molar-refractivity contribution is 0.0615. The van der Waals surface area contributed by atoms with Gasteiger partial charge in [-0.15, -0.1) is 0 Å². The molecular formula is C18H20F2N2O2. The van der Waals surface area contributed by atoms with Gasteiger partial charge in [0.25, 0.3) is 5.91 Å². The number of halogens is 2. The van der Waals surface area contributed by atoms with Crippen LogP contribution in [-0.4, -0.2) is 23.6 Å². The smallest absolute Gasteiger partial charge is 0.319 e. The largest absolute Gasteiger partial charge is 0.493 e. The Bertz CT molecular complexity index is 709. The first-order valence-electron chi connectivity index (χ1n) is 7.93. The van der Waals surface area contributed by atoms with Gasteiger partial charge in [0.2, 0.25) is 0 Å². The van der Waals surface area contributed by atoms with E-state index in [9.17, 15) is 13.6 Å². The van der Waals surface area contributed by atoms with Crippen LogP contribution in [0, 0.1) is 12.3 Å². The van der Waals surface area contributed by atoms with Crippen LogP contribution in [0.5, 0.6) is 5.75 Å². The number of hydrogen-bond acceptors (Lipinski definition) is 2. The van der Waals surface area contributed by atoms with Crippen LogP contribution in [0.3, 0.4) is 0 Å². The van der Waals surface area contributed by atoms with Crippen molar-refractivity contribution >= 4 is 5.91 Å². The molecule has 1 N–H and O–H groups in total. The molecule has 1 saturated carbocycles. The molecule has 0 aliphatic heterocycles. The lowest BCUT2D eigenvalue weighted by atomic mass is 10.1. The molecule has 0 spiro atoms. The Kier molecular flexibility index (Phi) is 4.55. The SMILES string of the molecule is Cc1ccc(C(=O)NCC2(COc3ccccc3)CC2)n1C(F)F. The van der Waals surface area contributed by atoms with Gasteiger partial charge in [-0.3, -0.25) is 9.36 Å². The average molecular weight is 334 g/mol. The maximum Gasteiger partial charge on any atom is 0.319 e. The molecule has 1 fully saturated rings. The van der Waals surface area contributed by atoms with E-state index in [1.165, 1.54) is 12.1 Å². The number of hydrogen-bond donors (Lipinski definition) is 1. The highest BCUT2D eigenvalue weighted by Gasteiger charge is 2.44. The minimum Gasteiger partial charge on any atom is -0.493 e. The Hall–Kier alpha value is -2.37. The van der Waals surface area contributed by atoms with E-state index < -0.39 is 12.5 Å². The quantitative estimate of drug-likeness (QED) is 0.837. The van der Waals surface area contributed by atoms with Crippen molar-refractivity contribution in [2.75, 3.05) is 13.2 Å². The third-order valence-corrected chi connectivity index (χ3v) is 4.42. The van der Waals surface area contributed by atoms with Gasteiger partial charge in [0.05, 0.1) is 6.61 Å². The molecule has 6 heteroatoms. The molecule has 1 aliphatic rings. The van der Waals surface area contributed by atoms with Crippen molar-refractivity contribution in [3.05, 3.63) is 53.9 Å². The number of nitrogens with one attached hydrogen (secondary N) is 1. The fourth-order valence-corrected chi connectivity index (χ4v) is 2.65. The molecule has 1 aromatic heterocycles. The van der Waals surface area contributed by atoms with Gasteiger partial charge in [0, 0.05) is 17.7 Å². The second kappa shape index (κ2) is 6.63. The topological polar surface area (TPSA) is 43.3 Å². The van der Waals surface area contributed by atoms with E-state index in [1.54, 1.807) is 6.92 Å². The number of aromatic nitrogens is 1. The predicted octanol–water partition coefficient (Wildman–Crippen LogP) is 3.78. The van der Waals surface area contributed by atoms with Gasteiger partial charge in [-0.1, -0.05) is 18.2 Å². The van der Waals surface area contributed by atoms with Crippen LogP contribution in [0.4, 0.5) is 8.78 Å². The van der Waals surface area contributed by atoms with Gasteiger partial charge in [-0.25, -0.2) is 0 Å². The molecule has 1 aliphatic carbocycles. The van der Waals surface area contributed by atoms with Crippen LogP contribution >= 0.6 is 0 Å². The zero-order valence-corrected chi connectivity index (χ0v) is 13.5. The van der Waals surface area contributed by atoms with Gasteiger partial charge in [-0.05, 0) is 44.0 Å². The number of carbonyl (C=O) groups excluding carboxylic acids is 1. The third-order valence-electron chi connectivity index (χ3n) is 4.42. The number of rotatable bonds is 7. The summed E-state index contributed by atoms with van der Waals surface area (Å²) in [6, 6.07) is 12.4. The number of alkyl halides is 2. The van der Waals surface area contributed by atoms with Gasteiger partial charge in [-0.2, -0.15) is 8.78 Å². The van der Waals surface area contributed by atoms with Crippen molar-refractivity contribution in [3.63, 3.8) is 0 Å². The Labute approximate surface area is 139 Å². The van der Waals surface area contributed by atoms with Crippen LogP contribution in [0.25, 0.3) is 0 Å². The van der Waals surface area contributed by atoms with Gasteiger partial charge >= 0.3 is 6.55 Å². The molecule has 0 unspecified atom stereocenters. The first-order chi connectivity index (χ1) is 11.5. The summed E-state index contributed by atoms with van der Waals surface area (Å²) in [5, 5.41) is 2.77. The molecule has 0 atom stereocenters. The lowest BCUT2D eigenvalue weighted by Crippen LogP contribution is -2.34. The summed E-state index contributed by atoms with van der Waals surface area (Å²) < 4.78 is 32.6. The summed E-state index contributed by atoms with van der Waals surface area (Å²) in [6.45, 7) is -0.241. The minimum atomic E-state index is -2.72. The zero-order valence-electron chi connectivity index (χ0n) is 13.5. The van der Waals surface area contributed by atoms with Crippen LogP contribution < -0.4 is 10.1 Å². The standard InChI is InChI=1S/C18H20F2N2O2/c1-13-7-8-15(22(13)17(19)20)16(23)21-11-18(9-10-18)12-24-14-5-3-2-4-6-14/h2-8,17H,9-12H2,1H3,(H,21,23). The van der Waals surface area contributed by atoms with Crippen molar-refractivity contribution in [2.24, 2.45) is 5.41 Å². The first-order valence-corrected chi connectivity index (χ1v) is 7.93. The van der Waals surface area contributed by atoms with Gasteiger partial charge in [0.1, 0.15) is 11.4 Å². The second-order valence-electron chi connectivity index (χ2n) is 6.29. The van der Waals surface area contributed by atoms with E-state index in [-0.39, 0.29) is 11.1 Å². The maximum absolute atomic E-state index is 13.0. The lowest BCUT2D eigenvalue weighted by Gasteiger charge is -2.17. The second-order valence-corrected chi connectivity index (χ2v) is 6.29. The summed E-state index contributed by atoms with van der Waals surface area (Å²) in [5.74, 6) is 0.312. The molecule has 24 heavy (non-hydrogen) atoms. The first kappa shape index (κ1) is 16.5. The van der Waals surface area contributed by atoms with Crippen molar-refractivity contribution in [2.45, 2.75) is 26.3 Å². The number of carbonyl (C=O) groups is 1. The monoisotopic (exact) mass is 334 g/mol. The van der Waals surface area contributed by atoms with Crippen LogP contribution in [0.1, 0.15) is 35.6 Å². The van der Waals surface area contributed by atoms with E-state index in [2.05, 4.69) is 5.32 Å². The highest BCUT2D eigenvalue weighted by atomic mass is 19.3. The molecule has 2 aromatic rings. The molecule has 0 radical (unpaired) electrons. The molecule has 128 valence electrons. The average Bonchev–Trinajstić information content (AvgIpc) is 3.25. The minimum absolute atomic E-state index is 0.0118. The van der Waals surface area contributed by atoms with Crippen LogP contribution in [0.15, 0.2) is 42.5 Å². The number of aryl methyl sites for hydroxylation is 1. The van der Waals surface area contributed by atoms with E-state index in [4.69, 9.17) is 4.74 Å². The molecule has 0 bridgehead atoms. The Morgan fingerprint density at radius 3 is 2.58 bits per heavy atom. The molecule has 1 aromatic carbocycles. The Balaban J connectivity index is 1.56. The normalized spacial score (nSPS) is 15.3. The highest BCUT2D eigenvalue weighted by Crippen LogP contribution is 2.45. The van der Waals surface area contributed by atoms with E-state index >= 15 is 0 Å². The summed E-state index contributed by atoms with van der Waals surface area (Å²) in [5.41, 5.74) is 0.258. The maximum atomic E-state index is 13.0. The molecule has 3 rings (SSSR count). The van der Waals surface area contributed by atoms with Crippen molar-refractivity contribution < 1.29 is 18.3 Å². The van der Waals surface area contributed by atoms with E-state index in [1.807, 2.05) is 30.3 Å². The molecule has 1 heterocycles. The molecule has 4 nitrogen and oxygen atoms in total. The zero-order chi connectivity index (χ0) is 17.2. The molecule has 0 saturated heterocycles. The highest BCUT2D eigenvalue weighted by molar-refractivity contribution is 5.93. The molecule has 1 amide bonds. The third kappa shape index (κ3) is 3.58. The Morgan fingerprint density at radius 1 is 1.25 bits per heavy atom. The number of amides is 1. The number of ether oxygens (including phenoxy) is 1. The number of benzene rings is 1. The van der Waals surface area contributed by atoms with E-state index in [0.717, 1.165) is 23.2 Å². The summed E-state index contributed by atoms with van der Waals surface area (Å²) >= 11 is 0. The fourth-order valence-electron chi connectivity index (χ4n) is 2.65. The van der Waals surface area contributed by atoms with Crippen molar-refractivity contribution in [1.82, 2.24) is 9.88 Å². The van der Waals surface area contributed by atoms with E-state index in [0.29, 0.717) is 18.8 Å². The van der Waals surface area contributed by atoms with Crippen molar-refractivity contribution in [1.29, 1.82) is 0 Å². The fraction of sp³-hybridized carbons (Fsp3) is 0.389. The van der Waals surface area contributed by atoms with Crippen molar-refractivity contribution in [3.8, 4) is 5.75 Å². The summed E-state index contributed by atoms with van der Waals surface area (Å²) in [4.78, 5) is 12.2. The van der Waals surface area contributed by atoms with Crippen LogP contribution in [0.2, 0.25) is 0 Å². The number of nitrogens with zero attached hydrogens (tertiary/aromatic N) is 1. The van der Waals surface area contributed by atoms with Gasteiger partial charge in [0.15, 0.2) is 0 Å². The van der Waals surface area contributed by atoms with Crippen LogP contribution in [-0.2, 0) is 0 Å². The predicted molar refractivity (Wildman–Crippen MR) is 86.4 cm³/mol. The number of para-hydroxylation sites is 1. The van der Waals surface area contributed by atoms with Gasteiger partial charge < -0.3 is 10.1 Å². The summed E-state index contributed by atoms with van der Waals surface area (Å²) in [7, 11) is 0. The Morgan fingerprint density at radius 2 is 1.96 bits per heavy atom. The summed E-state index contributed by atoms with van der Waals surface area (Å²) in [6.07, 6.45) is 1.91.